The average Bonchev–Trinajstić information content (AvgIpc) is 2.51. The Kier molecular flexibility index (Phi) is 7.23. The quantitative estimate of drug-likeness (QED) is 0.690. The third kappa shape index (κ3) is 5.76. The van der Waals surface area contributed by atoms with E-state index in [0.717, 1.165) is 24.8 Å². The van der Waals surface area contributed by atoms with Gasteiger partial charge in [0.25, 0.3) is 0 Å². The standard InChI is InChI=1S/C17H28N2O2/c1-4-17(5-2,10-11-20)13-19-16(21)18-12-15-8-6-14(3)7-9-15/h6-9,20H,4-5,10-13H2,1-3H3,(H2,18,19,21). The Bertz CT molecular complexity index is 425. The van der Waals surface area contributed by atoms with Crippen molar-refractivity contribution in [2.24, 2.45) is 5.41 Å². The van der Waals surface area contributed by atoms with E-state index in [2.05, 4.69) is 24.5 Å². The number of benzene rings is 1. The summed E-state index contributed by atoms with van der Waals surface area (Å²) < 4.78 is 0. The molecule has 4 nitrogen and oxygen atoms in total. The normalized spacial score (nSPS) is 11.2. The minimum Gasteiger partial charge on any atom is -0.396 e. The van der Waals surface area contributed by atoms with Crippen molar-refractivity contribution in [3.63, 3.8) is 0 Å². The zero-order chi connectivity index (χ0) is 15.7. The summed E-state index contributed by atoms with van der Waals surface area (Å²) in [6.07, 6.45) is 2.61. The lowest BCUT2D eigenvalue weighted by molar-refractivity contribution is 0.163. The van der Waals surface area contributed by atoms with Gasteiger partial charge in [-0.2, -0.15) is 0 Å². The van der Waals surface area contributed by atoms with Gasteiger partial charge < -0.3 is 15.7 Å². The maximum atomic E-state index is 11.9. The van der Waals surface area contributed by atoms with E-state index in [1.807, 2.05) is 31.2 Å². The molecule has 0 spiro atoms. The molecule has 118 valence electrons. The topological polar surface area (TPSA) is 61.4 Å². The van der Waals surface area contributed by atoms with Gasteiger partial charge in [-0.25, -0.2) is 4.79 Å². The van der Waals surface area contributed by atoms with Crippen molar-refractivity contribution in [1.29, 1.82) is 0 Å². The number of hydrogen-bond donors (Lipinski definition) is 3. The van der Waals surface area contributed by atoms with Crippen molar-refractivity contribution in [3.8, 4) is 0 Å². The number of amides is 2. The maximum Gasteiger partial charge on any atom is 0.315 e. The maximum absolute atomic E-state index is 11.9. The fraction of sp³-hybridized carbons (Fsp3) is 0.588. The Balaban J connectivity index is 2.40. The van der Waals surface area contributed by atoms with Crippen LogP contribution in [0.2, 0.25) is 0 Å². The molecule has 21 heavy (non-hydrogen) atoms. The minimum absolute atomic E-state index is 0.00402. The molecule has 0 bridgehead atoms. The molecule has 0 saturated carbocycles. The predicted octanol–water partition coefficient (Wildman–Crippen LogP) is 2.98. The Hall–Kier alpha value is -1.55. The first-order valence-electron chi connectivity index (χ1n) is 7.73. The van der Waals surface area contributed by atoms with Crippen LogP contribution in [0.15, 0.2) is 24.3 Å². The molecule has 0 aliphatic carbocycles. The molecule has 0 saturated heterocycles. The summed E-state index contributed by atoms with van der Waals surface area (Å²) >= 11 is 0. The molecular formula is C17H28N2O2. The van der Waals surface area contributed by atoms with E-state index in [4.69, 9.17) is 0 Å². The first kappa shape index (κ1) is 17.5. The summed E-state index contributed by atoms with van der Waals surface area (Å²) in [6.45, 7) is 7.53. The first-order valence-corrected chi connectivity index (χ1v) is 7.73. The molecule has 0 aromatic heterocycles. The van der Waals surface area contributed by atoms with Gasteiger partial charge in [-0.15, -0.1) is 0 Å². The third-order valence-electron chi connectivity index (χ3n) is 4.34. The first-order chi connectivity index (χ1) is 10.0. The molecule has 1 aromatic carbocycles. The van der Waals surface area contributed by atoms with Gasteiger partial charge in [0.15, 0.2) is 0 Å². The number of urea groups is 1. The molecule has 3 N–H and O–H groups in total. The number of aryl methyl sites for hydroxylation is 1. The number of aliphatic hydroxyl groups excluding tert-OH is 1. The molecule has 0 fully saturated rings. The number of hydrogen-bond acceptors (Lipinski definition) is 2. The number of nitrogens with one attached hydrogen (secondary N) is 2. The zero-order valence-corrected chi connectivity index (χ0v) is 13.4. The second-order valence-corrected chi connectivity index (χ2v) is 5.70. The summed E-state index contributed by atoms with van der Waals surface area (Å²) in [5.41, 5.74) is 2.29. The highest BCUT2D eigenvalue weighted by Gasteiger charge is 2.25. The van der Waals surface area contributed by atoms with Gasteiger partial charge >= 0.3 is 6.03 Å². The van der Waals surface area contributed by atoms with E-state index >= 15 is 0 Å². The van der Waals surface area contributed by atoms with Gasteiger partial charge in [0.05, 0.1) is 0 Å². The van der Waals surface area contributed by atoms with Crippen LogP contribution in [0.25, 0.3) is 0 Å². The summed E-state index contributed by atoms with van der Waals surface area (Å²) in [7, 11) is 0. The third-order valence-corrected chi connectivity index (χ3v) is 4.34. The van der Waals surface area contributed by atoms with Gasteiger partial charge in [-0.1, -0.05) is 43.7 Å². The molecule has 0 heterocycles. The van der Waals surface area contributed by atoms with Crippen molar-refractivity contribution in [2.45, 2.75) is 46.6 Å². The van der Waals surface area contributed by atoms with Crippen molar-refractivity contribution < 1.29 is 9.90 Å². The lowest BCUT2D eigenvalue weighted by Crippen LogP contribution is -2.42. The number of carbonyl (C=O) groups is 1. The van der Waals surface area contributed by atoms with Crippen LogP contribution in [-0.2, 0) is 6.54 Å². The number of rotatable bonds is 8. The van der Waals surface area contributed by atoms with Crippen LogP contribution in [0.5, 0.6) is 0 Å². The van der Waals surface area contributed by atoms with Crippen molar-refractivity contribution in [2.75, 3.05) is 13.2 Å². The van der Waals surface area contributed by atoms with Crippen molar-refractivity contribution in [1.82, 2.24) is 10.6 Å². The van der Waals surface area contributed by atoms with Gasteiger partial charge in [-0.05, 0) is 37.2 Å². The zero-order valence-electron chi connectivity index (χ0n) is 13.4. The van der Waals surface area contributed by atoms with Crippen LogP contribution >= 0.6 is 0 Å². The van der Waals surface area contributed by atoms with Crippen LogP contribution in [-0.4, -0.2) is 24.3 Å². The molecule has 1 aromatic rings. The van der Waals surface area contributed by atoms with Gasteiger partial charge in [0.2, 0.25) is 0 Å². The van der Waals surface area contributed by atoms with Gasteiger partial charge in [-0.3, -0.25) is 0 Å². The van der Waals surface area contributed by atoms with Crippen LogP contribution in [0, 0.1) is 12.3 Å². The Morgan fingerprint density at radius 2 is 1.76 bits per heavy atom. The Morgan fingerprint density at radius 3 is 2.29 bits per heavy atom. The summed E-state index contributed by atoms with van der Waals surface area (Å²) in [4.78, 5) is 11.9. The van der Waals surface area contributed by atoms with Crippen LogP contribution in [0.4, 0.5) is 4.79 Å². The van der Waals surface area contributed by atoms with Crippen LogP contribution < -0.4 is 10.6 Å². The highest BCUT2D eigenvalue weighted by Crippen LogP contribution is 2.29. The summed E-state index contributed by atoms with van der Waals surface area (Å²) in [5, 5.41) is 15.0. The second kappa shape index (κ2) is 8.67. The summed E-state index contributed by atoms with van der Waals surface area (Å²) in [5.74, 6) is 0. The smallest absolute Gasteiger partial charge is 0.315 e. The Labute approximate surface area is 128 Å². The molecule has 0 atom stereocenters. The molecule has 0 aliphatic heterocycles. The fourth-order valence-electron chi connectivity index (χ4n) is 2.40. The SMILES string of the molecule is CCC(CC)(CCO)CNC(=O)NCc1ccc(C)cc1. The van der Waals surface area contributed by atoms with E-state index in [1.165, 1.54) is 5.56 Å². The highest BCUT2D eigenvalue weighted by atomic mass is 16.3. The lowest BCUT2D eigenvalue weighted by atomic mass is 9.79. The van der Waals surface area contributed by atoms with E-state index < -0.39 is 0 Å². The molecule has 1 rings (SSSR count). The molecule has 4 heteroatoms. The summed E-state index contributed by atoms with van der Waals surface area (Å²) in [6, 6.07) is 7.96. The Morgan fingerprint density at radius 1 is 1.14 bits per heavy atom. The average molecular weight is 292 g/mol. The molecule has 0 unspecified atom stereocenters. The lowest BCUT2D eigenvalue weighted by Gasteiger charge is -2.31. The second-order valence-electron chi connectivity index (χ2n) is 5.70. The van der Waals surface area contributed by atoms with Crippen LogP contribution in [0.1, 0.15) is 44.2 Å². The molecule has 0 radical (unpaired) electrons. The largest absolute Gasteiger partial charge is 0.396 e. The number of aliphatic hydroxyl groups is 1. The van der Waals surface area contributed by atoms with Crippen molar-refractivity contribution in [3.05, 3.63) is 35.4 Å². The molecular weight excluding hydrogens is 264 g/mol. The molecule has 2 amide bonds. The van der Waals surface area contributed by atoms with Crippen LogP contribution in [0.3, 0.4) is 0 Å². The molecule has 0 aliphatic rings. The van der Waals surface area contributed by atoms with E-state index in [9.17, 15) is 9.90 Å². The monoisotopic (exact) mass is 292 g/mol. The minimum atomic E-state index is -0.153. The number of carbonyl (C=O) groups excluding carboxylic acids is 1. The van der Waals surface area contributed by atoms with E-state index in [-0.39, 0.29) is 18.1 Å². The van der Waals surface area contributed by atoms with E-state index in [1.54, 1.807) is 0 Å². The van der Waals surface area contributed by atoms with Crippen molar-refractivity contribution >= 4 is 6.03 Å². The fourth-order valence-corrected chi connectivity index (χ4v) is 2.40. The predicted molar refractivity (Wildman–Crippen MR) is 86.1 cm³/mol. The van der Waals surface area contributed by atoms with E-state index in [0.29, 0.717) is 13.1 Å². The highest BCUT2D eigenvalue weighted by molar-refractivity contribution is 5.73. The van der Waals surface area contributed by atoms with Gasteiger partial charge in [0.1, 0.15) is 0 Å². The van der Waals surface area contributed by atoms with Gasteiger partial charge in [0, 0.05) is 19.7 Å².